The van der Waals surface area contributed by atoms with Gasteiger partial charge in [0, 0.05) is 25.2 Å². The second-order valence-corrected chi connectivity index (χ2v) is 7.27. The van der Waals surface area contributed by atoms with Crippen molar-refractivity contribution in [1.82, 2.24) is 4.90 Å². The van der Waals surface area contributed by atoms with Crippen LogP contribution in [0, 0.1) is 10.1 Å². The lowest BCUT2D eigenvalue weighted by atomic mass is 10.1. The summed E-state index contributed by atoms with van der Waals surface area (Å²) in [5, 5.41) is 10.8. The van der Waals surface area contributed by atoms with E-state index in [9.17, 15) is 18.5 Å². The molecule has 2 rings (SSSR count). The van der Waals surface area contributed by atoms with Gasteiger partial charge < -0.3 is 5.73 Å². The Morgan fingerprint density at radius 2 is 2.20 bits per heavy atom. The van der Waals surface area contributed by atoms with Gasteiger partial charge in [-0.15, -0.1) is 0 Å². The minimum atomic E-state index is -2.97. The summed E-state index contributed by atoms with van der Waals surface area (Å²) in [6.07, 6.45) is 0. The molecule has 7 nitrogen and oxygen atoms in total. The van der Waals surface area contributed by atoms with E-state index < -0.39 is 14.8 Å². The van der Waals surface area contributed by atoms with Gasteiger partial charge in [0.25, 0.3) is 5.69 Å². The second-order valence-electron chi connectivity index (χ2n) is 5.04. The van der Waals surface area contributed by atoms with Crippen molar-refractivity contribution in [2.24, 2.45) is 0 Å². The highest BCUT2D eigenvalue weighted by Gasteiger charge is 2.28. The van der Waals surface area contributed by atoms with Gasteiger partial charge in [0.15, 0.2) is 9.84 Å². The molecule has 0 aliphatic carbocycles. The van der Waals surface area contributed by atoms with Crippen molar-refractivity contribution in [3.63, 3.8) is 0 Å². The molecule has 20 heavy (non-hydrogen) atoms. The fourth-order valence-electron chi connectivity index (χ4n) is 2.38. The molecule has 1 unspecified atom stereocenters. The van der Waals surface area contributed by atoms with E-state index in [1.54, 1.807) is 12.1 Å². The fourth-order valence-corrected chi connectivity index (χ4v) is 4.01. The maximum Gasteiger partial charge on any atom is 0.292 e. The Kier molecular flexibility index (Phi) is 3.96. The Morgan fingerprint density at radius 3 is 2.80 bits per heavy atom. The molecule has 1 aliphatic heterocycles. The highest BCUT2D eigenvalue weighted by molar-refractivity contribution is 7.91. The van der Waals surface area contributed by atoms with Gasteiger partial charge >= 0.3 is 0 Å². The van der Waals surface area contributed by atoms with E-state index in [1.165, 1.54) is 6.07 Å². The summed E-state index contributed by atoms with van der Waals surface area (Å²) in [7, 11) is -2.97. The average molecular weight is 299 g/mol. The molecule has 8 heteroatoms. The van der Waals surface area contributed by atoms with Gasteiger partial charge in [-0.2, -0.15) is 0 Å². The van der Waals surface area contributed by atoms with Crippen LogP contribution in [0.25, 0.3) is 0 Å². The molecule has 0 amide bonds. The molecule has 0 radical (unpaired) electrons. The van der Waals surface area contributed by atoms with Gasteiger partial charge in [0.05, 0.1) is 16.4 Å². The highest BCUT2D eigenvalue weighted by Crippen LogP contribution is 2.27. The predicted octanol–water partition coefficient (Wildman–Crippen LogP) is 0.796. The highest BCUT2D eigenvalue weighted by atomic mass is 32.2. The third kappa shape index (κ3) is 3.07. The molecule has 2 N–H and O–H groups in total. The summed E-state index contributed by atoms with van der Waals surface area (Å²) >= 11 is 0. The van der Waals surface area contributed by atoms with Crippen LogP contribution < -0.4 is 5.73 Å². The van der Waals surface area contributed by atoms with Crippen molar-refractivity contribution in [3.8, 4) is 0 Å². The minimum absolute atomic E-state index is 0.111. The first-order chi connectivity index (χ1) is 9.30. The zero-order valence-electron chi connectivity index (χ0n) is 11.2. The molecule has 1 fully saturated rings. The number of hydrogen-bond acceptors (Lipinski definition) is 6. The molecular formula is C12H17N3O4S. The molecule has 0 spiro atoms. The summed E-state index contributed by atoms with van der Waals surface area (Å²) in [5.41, 5.74) is 6.51. The first kappa shape index (κ1) is 14.7. The van der Waals surface area contributed by atoms with E-state index in [1.807, 2.05) is 11.8 Å². The summed E-state index contributed by atoms with van der Waals surface area (Å²) in [5.74, 6) is 0.230. The van der Waals surface area contributed by atoms with E-state index in [0.29, 0.717) is 18.7 Å². The van der Waals surface area contributed by atoms with Crippen LogP contribution in [-0.4, -0.2) is 42.3 Å². The Labute approximate surface area is 117 Å². The molecule has 1 aliphatic rings. The number of nitro groups is 1. The molecule has 1 aromatic rings. The molecule has 0 bridgehead atoms. The largest absolute Gasteiger partial charge is 0.393 e. The van der Waals surface area contributed by atoms with Crippen LogP contribution in [-0.2, 0) is 16.4 Å². The van der Waals surface area contributed by atoms with Crippen LogP contribution in [0.3, 0.4) is 0 Å². The number of nitrogens with two attached hydrogens (primary N) is 1. The van der Waals surface area contributed by atoms with Gasteiger partial charge in [0.1, 0.15) is 5.69 Å². The summed E-state index contributed by atoms with van der Waals surface area (Å²) in [6, 6.07) is 4.57. The van der Waals surface area contributed by atoms with Crippen LogP contribution in [0.2, 0.25) is 0 Å². The molecule has 1 heterocycles. The lowest BCUT2D eigenvalue weighted by Crippen LogP contribution is -2.46. The molecule has 1 aromatic carbocycles. The number of nitro benzene ring substituents is 1. The minimum Gasteiger partial charge on any atom is -0.393 e. The Hall–Kier alpha value is -1.67. The third-order valence-electron chi connectivity index (χ3n) is 3.55. The van der Waals surface area contributed by atoms with Crippen molar-refractivity contribution in [2.45, 2.75) is 19.5 Å². The summed E-state index contributed by atoms with van der Waals surface area (Å²) < 4.78 is 23.1. The number of para-hydroxylation sites is 1. The normalized spacial score (nSPS) is 22.6. The van der Waals surface area contributed by atoms with Crippen molar-refractivity contribution in [2.75, 3.05) is 23.8 Å². The third-order valence-corrected chi connectivity index (χ3v) is 5.35. The standard InChI is InChI=1S/C12H17N3O4S/c1-9-8-20(18,19)6-5-14(9)7-10-3-2-4-11(12(10)13)15(16)17/h2-4,9H,5-8,13H2,1H3. The number of rotatable bonds is 3. The smallest absolute Gasteiger partial charge is 0.292 e. The van der Waals surface area contributed by atoms with Crippen LogP contribution >= 0.6 is 0 Å². The molecule has 0 aromatic heterocycles. The van der Waals surface area contributed by atoms with Crippen LogP contribution in [0.5, 0.6) is 0 Å². The number of anilines is 1. The summed E-state index contributed by atoms with van der Waals surface area (Å²) in [6.45, 7) is 2.68. The van der Waals surface area contributed by atoms with Gasteiger partial charge in [-0.25, -0.2) is 8.42 Å². The average Bonchev–Trinajstić information content (AvgIpc) is 2.34. The lowest BCUT2D eigenvalue weighted by Gasteiger charge is -2.33. The maximum absolute atomic E-state index is 11.5. The van der Waals surface area contributed by atoms with Gasteiger partial charge in [0.2, 0.25) is 0 Å². The van der Waals surface area contributed by atoms with Gasteiger partial charge in [-0.1, -0.05) is 12.1 Å². The Bertz CT molecular complexity index is 630. The van der Waals surface area contributed by atoms with Crippen molar-refractivity contribution >= 4 is 21.2 Å². The molecular weight excluding hydrogens is 282 g/mol. The van der Waals surface area contributed by atoms with E-state index in [-0.39, 0.29) is 28.9 Å². The monoisotopic (exact) mass is 299 g/mol. The van der Waals surface area contributed by atoms with E-state index in [4.69, 9.17) is 5.73 Å². The van der Waals surface area contributed by atoms with Gasteiger partial charge in [-0.05, 0) is 12.5 Å². The van der Waals surface area contributed by atoms with E-state index in [2.05, 4.69) is 0 Å². The molecule has 1 saturated heterocycles. The first-order valence-corrected chi connectivity index (χ1v) is 8.08. The second kappa shape index (κ2) is 5.37. The fraction of sp³-hybridized carbons (Fsp3) is 0.500. The van der Waals surface area contributed by atoms with Crippen molar-refractivity contribution in [3.05, 3.63) is 33.9 Å². The summed E-state index contributed by atoms with van der Waals surface area (Å²) in [4.78, 5) is 12.3. The van der Waals surface area contributed by atoms with E-state index >= 15 is 0 Å². The number of nitrogen functional groups attached to an aromatic ring is 1. The molecule has 110 valence electrons. The SMILES string of the molecule is CC1CS(=O)(=O)CCN1Cc1cccc([N+](=O)[O-])c1N. The van der Waals surface area contributed by atoms with Gasteiger partial charge in [-0.3, -0.25) is 15.0 Å². The number of benzene rings is 1. The zero-order chi connectivity index (χ0) is 14.9. The number of sulfone groups is 1. The number of nitrogens with zero attached hydrogens (tertiary/aromatic N) is 2. The maximum atomic E-state index is 11.5. The van der Waals surface area contributed by atoms with Crippen LogP contribution in [0.4, 0.5) is 11.4 Å². The van der Waals surface area contributed by atoms with Crippen LogP contribution in [0.15, 0.2) is 18.2 Å². The number of hydrogen-bond donors (Lipinski definition) is 1. The predicted molar refractivity (Wildman–Crippen MR) is 76.0 cm³/mol. The molecule has 0 saturated carbocycles. The topological polar surface area (TPSA) is 107 Å². The quantitative estimate of drug-likeness (QED) is 0.502. The molecule has 1 atom stereocenters. The first-order valence-electron chi connectivity index (χ1n) is 6.26. The Morgan fingerprint density at radius 1 is 1.50 bits per heavy atom. The van der Waals surface area contributed by atoms with Crippen LogP contribution in [0.1, 0.15) is 12.5 Å². The zero-order valence-corrected chi connectivity index (χ0v) is 12.0. The Balaban J connectivity index is 2.19. The van der Waals surface area contributed by atoms with Crippen molar-refractivity contribution < 1.29 is 13.3 Å². The van der Waals surface area contributed by atoms with E-state index in [0.717, 1.165) is 0 Å². The van der Waals surface area contributed by atoms with Crippen molar-refractivity contribution in [1.29, 1.82) is 0 Å². The lowest BCUT2D eigenvalue weighted by molar-refractivity contribution is -0.384.